The van der Waals surface area contributed by atoms with Crippen LogP contribution in [0.5, 0.6) is 0 Å². The molecule has 0 radical (unpaired) electrons. The van der Waals surface area contributed by atoms with Crippen molar-refractivity contribution in [2.75, 3.05) is 9.96 Å². The van der Waals surface area contributed by atoms with Crippen molar-refractivity contribution in [3.05, 3.63) is 95.3 Å². The van der Waals surface area contributed by atoms with Crippen LogP contribution in [0.25, 0.3) is 0 Å². The second-order valence-corrected chi connectivity index (χ2v) is 8.01. The first-order valence-corrected chi connectivity index (χ1v) is 10.2. The quantitative estimate of drug-likeness (QED) is 0.590. The highest BCUT2D eigenvalue weighted by atomic mass is 19.1. The summed E-state index contributed by atoms with van der Waals surface area (Å²) in [5, 5.41) is 1.61. The van der Waals surface area contributed by atoms with Crippen LogP contribution in [0, 0.1) is 25.6 Å². The Morgan fingerprint density at radius 1 is 0.871 bits per heavy atom. The SMILES string of the molecule is Cc1ccc(N2C(=O)[C@@H]3[C@@H](ON(c4ccccc4)[C@H]3c3ccc(F)cc3)C2=O)c(C)c1. The number of anilines is 2. The van der Waals surface area contributed by atoms with Crippen molar-refractivity contribution in [3.63, 3.8) is 0 Å². The van der Waals surface area contributed by atoms with E-state index < -0.39 is 18.1 Å². The molecule has 0 bridgehead atoms. The Labute approximate surface area is 179 Å². The molecule has 3 aromatic carbocycles. The normalized spacial score (nSPS) is 22.9. The summed E-state index contributed by atoms with van der Waals surface area (Å²) in [6.07, 6.45) is -0.941. The first kappa shape index (κ1) is 19.5. The first-order chi connectivity index (χ1) is 15.0. The number of benzene rings is 3. The van der Waals surface area contributed by atoms with Crippen molar-refractivity contribution < 1.29 is 18.8 Å². The zero-order valence-electron chi connectivity index (χ0n) is 17.2. The largest absolute Gasteiger partial charge is 0.273 e. The Morgan fingerprint density at radius 2 is 1.58 bits per heavy atom. The molecule has 5 rings (SSSR count). The highest BCUT2D eigenvalue weighted by molar-refractivity contribution is 6.24. The summed E-state index contributed by atoms with van der Waals surface area (Å²) in [4.78, 5) is 34.3. The summed E-state index contributed by atoms with van der Waals surface area (Å²) < 4.78 is 13.6. The van der Waals surface area contributed by atoms with Crippen LogP contribution in [-0.2, 0) is 14.4 Å². The minimum atomic E-state index is -0.941. The lowest BCUT2D eigenvalue weighted by Gasteiger charge is -2.29. The molecule has 0 unspecified atom stereocenters. The fraction of sp³-hybridized carbons (Fsp3) is 0.200. The molecule has 2 amide bonds. The van der Waals surface area contributed by atoms with Crippen molar-refractivity contribution in [1.29, 1.82) is 0 Å². The van der Waals surface area contributed by atoms with E-state index in [-0.39, 0.29) is 17.6 Å². The summed E-state index contributed by atoms with van der Waals surface area (Å²) in [6.45, 7) is 3.84. The molecule has 2 saturated heterocycles. The lowest BCUT2D eigenvalue weighted by molar-refractivity contribution is -0.126. The third kappa shape index (κ3) is 3.11. The average Bonchev–Trinajstić information content (AvgIpc) is 3.26. The molecule has 6 heteroatoms. The van der Waals surface area contributed by atoms with E-state index in [0.29, 0.717) is 11.3 Å². The van der Waals surface area contributed by atoms with Crippen molar-refractivity contribution in [2.24, 2.45) is 5.92 Å². The van der Waals surface area contributed by atoms with Gasteiger partial charge < -0.3 is 0 Å². The number of rotatable bonds is 3. The molecular weight excluding hydrogens is 395 g/mol. The fourth-order valence-corrected chi connectivity index (χ4v) is 4.51. The minimum absolute atomic E-state index is 0.310. The van der Waals surface area contributed by atoms with Crippen molar-refractivity contribution >= 4 is 23.2 Å². The topological polar surface area (TPSA) is 49.9 Å². The first-order valence-electron chi connectivity index (χ1n) is 10.2. The van der Waals surface area contributed by atoms with Crippen LogP contribution in [0.4, 0.5) is 15.8 Å². The number of halogens is 1. The van der Waals surface area contributed by atoms with Gasteiger partial charge in [0.15, 0.2) is 6.10 Å². The number of carbonyl (C=O) groups is 2. The van der Waals surface area contributed by atoms with Crippen molar-refractivity contribution in [1.82, 2.24) is 0 Å². The van der Waals surface area contributed by atoms with E-state index >= 15 is 0 Å². The lowest BCUT2D eigenvalue weighted by atomic mass is 9.90. The number of amides is 2. The molecule has 0 saturated carbocycles. The number of nitrogens with zero attached hydrogens (tertiary/aromatic N) is 2. The average molecular weight is 416 g/mol. The molecule has 0 aliphatic carbocycles. The zero-order valence-corrected chi connectivity index (χ0v) is 17.2. The number of carbonyl (C=O) groups excluding carboxylic acids is 2. The van der Waals surface area contributed by atoms with Gasteiger partial charge in [0, 0.05) is 0 Å². The molecule has 2 aliphatic rings. The smallest absolute Gasteiger partial charge is 0.266 e. The number of imide groups is 1. The van der Waals surface area contributed by atoms with E-state index in [1.807, 2.05) is 56.3 Å². The van der Waals surface area contributed by atoms with Crippen LogP contribution in [0.2, 0.25) is 0 Å². The molecule has 0 spiro atoms. The molecule has 0 N–H and O–H groups in total. The molecule has 3 aromatic rings. The van der Waals surface area contributed by atoms with E-state index in [1.54, 1.807) is 23.3 Å². The van der Waals surface area contributed by atoms with E-state index in [1.165, 1.54) is 17.0 Å². The maximum atomic E-state index is 13.6. The van der Waals surface area contributed by atoms with Gasteiger partial charge in [-0.05, 0) is 55.3 Å². The van der Waals surface area contributed by atoms with Crippen LogP contribution in [0.15, 0.2) is 72.8 Å². The molecule has 5 nitrogen and oxygen atoms in total. The molecule has 2 aliphatic heterocycles. The summed E-state index contributed by atoms with van der Waals surface area (Å²) in [5.74, 6) is -1.79. The highest BCUT2D eigenvalue weighted by Gasteiger charge is 2.60. The predicted octanol–water partition coefficient (Wildman–Crippen LogP) is 4.49. The number of aryl methyl sites for hydroxylation is 2. The van der Waals surface area contributed by atoms with Gasteiger partial charge in [-0.1, -0.05) is 48.0 Å². The van der Waals surface area contributed by atoms with E-state index in [2.05, 4.69) is 0 Å². The Balaban J connectivity index is 1.59. The van der Waals surface area contributed by atoms with E-state index in [0.717, 1.165) is 16.8 Å². The number of hydroxylamine groups is 1. The van der Waals surface area contributed by atoms with Crippen LogP contribution in [0.3, 0.4) is 0 Å². The van der Waals surface area contributed by atoms with Gasteiger partial charge in [-0.25, -0.2) is 14.4 Å². The second-order valence-electron chi connectivity index (χ2n) is 8.01. The maximum Gasteiger partial charge on any atom is 0.266 e. The Morgan fingerprint density at radius 3 is 2.26 bits per heavy atom. The van der Waals surface area contributed by atoms with Crippen molar-refractivity contribution in [3.8, 4) is 0 Å². The molecule has 2 heterocycles. The number of hydrogen-bond donors (Lipinski definition) is 0. The summed E-state index contributed by atoms with van der Waals surface area (Å²) in [6, 6.07) is 20.4. The van der Waals surface area contributed by atoms with E-state index in [4.69, 9.17) is 4.84 Å². The van der Waals surface area contributed by atoms with Gasteiger partial charge in [0.25, 0.3) is 5.91 Å². The molecule has 156 valence electrons. The van der Waals surface area contributed by atoms with Gasteiger partial charge in [-0.3, -0.25) is 14.4 Å². The van der Waals surface area contributed by atoms with Crippen molar-refractivity contribution in [2.45, 2.75) is 26.0 Å². The highest BCUT2D eigenvalue weighted by Crippen LogP contribution is 2.47. The fourth-order valence-electron chi connectivity index (χ4n) is 4.51. The van der Waals surface area contributed by atoms with Crippen LogP contribution < -0.4 is 9.96 Å². The van der Waals surface area contributed by atoms with Crippen LogP contribution >= 0.6 is 0 Å². The Kier molecular flexibility index (Phi) is 4.59. The van der Waals surface area contributed by atoms with Crippen LogP contribution in [0.1, 0.15) is 22.7 Å². The monoisotopic (exact) mass is 416 g/mol. The Hall–Kier alpha value is -3.51. The predicted molar refractivity (Wildman–Crippen MR) is 115 cm³/mol. The van der Waals surface area contributed by atoms with Crippen LogP contribution in [-0.4, -0.2) is 17.9 Å². The molecule has 3 atom stereocenters. The van der Waals surface area contributed by atoms with E-state index in [9.17, 15) is 14.0 Å². The lowest BCUT2D eigenvalue weighted by Crippen LogP contribution is -2.37. The zero-order chi connectivity index (χ0) is 21.7. The second kappa shape index (κ2) is 7.32. The van der Waals surface area contributed by atoms with Gasteiger partial charge in [-0.15, -0.1) is 0 Å². The third-order valence-corrected chi connectivity index (χ3v) is 5.93. The maximum absolute atomic E-state index is 13.6. The third-order valence-electron chi connectivity index (χ3n) is 5.93. The summed E-state index contributed by atoms with van der Waals surface area (Å²) >= 11 is 0. The molecule has 2 fully saturated rings. The molecule has 31 heavy (non-hydrogen) atoms. The van der Waals surface area contributed by atoms with Gasteiger partial charge in [0.2, 0.25) is 5.91 Å². The number of para-hydroxylation sites is 1. The Bertz CT molecular complexity index is 1160. The van der Waals surface area contributed by atoms with Gasteiger partial charge >= 0.3 is 0 Å². The minimum Gasteiger partial charge on any atom is -0.273 e. The summed E-state index contributed by atoms with van der Waals surface area (Å²) in [7, 11) is 0. The molecular formula is C25H21FN2O3. The summed E-state index contributed by atoms with van der Waals surface area (Å²) in [5.41, 5.74) is 3.91. The van der Waals surface area contributed by atoms with Gasteiger partial charge in [0.05, 0.1) is 17.4 Å². The van der Waals surface area contributed by atoms with Gasteiger partial charge in [0.1, 0.15) is 11.7 Å². The standard InChI is InChI=1S/C25H21FN2O3/c1-15-8-13-20(16(2)14-15)27-24(29)21-22(17-9-11-18(26)12-10-17)28(31-23(21)25(27)30)19-6-4-3-5-7-19/h3-14,21-23H,1-2H3/t21-,22-,23+/m0/s1. The number of fused-ring (bicyclic) bond motifs is 1. The molecule has 0 aromatic heterocycles. The number of hydrogen-bond acceptors (Lipinski definition) is 4. The van der Waals surface area contributed by atoms with Gasteiger partial charge in [-0.2, -0.15) is 0 Å².